The van der Waals surface area contributed by atoms with Gasteiger partial charge in [0.15, 0.2) is 0 Å². The normalized spacial score (nSPS) is 15.9. The lowest BCUT2D eigenvalue weighted by Gasteiger charge is -2.32. The summed E-state index contributed by atoms with van der Waals surface area (Å²) < 4.78 is 114. The van der Waals surface area contributed by atoms with Crippen LogP contribution in [0.3, 0.4) is 0 Å². The van der Waals surface area contributed by atoms with Crippen LogP contribution >= 0.6 is 22.6 Å². The van der Waals surface area contributed by atoms with Crippen molar-refractivity contribution in [2.75, 3.05) is 0 Å². The molecule has 1 nitrogen and oxygen atoms in total. The van der Waals surface area contributed by atoms with Gasteiger partial charge >= 0.3 is 23.9 Å². The Hall–Kier alpha value is -0.980. The van der Waals surface area contributed by atoms with Gasteiger partial charge in [-0.3, -0.25) is 0 Å². The molecule has 1 N–H and O–H groups in total. The molecule has 11 heteroatoms. The van der Waals surface area contributed by atoms with E-state index in [-0.39, 0.29) is 12.8 Å². The van der Waals surface area contributed by atoms with Crippen LogP contribution in [0.4, 0.5) is 39.5 Å². The first kappa shape index (κ1) is 23.1. The van der Waals surface area contributed by atoms with E-state index in [0.717, 1.165) is 22.6 Å². The molecule has 0 aliphatic heterocycles. The number of benzene rings is 1. The minimum absolute atomic E-state index is 0.142. The topological polar surface area (TPSA) is 20.2 Å². The zero-order valence-electron chi connectivity index (χ0n) is 12.7. The summed E-state index contributed by atoms with van der Waals surface area (Å²) in [6.45, 7) is 0. The lowest BCUT2D eigenvalue weighted by atomic mass is 10.0. The highest BCUT2D eigenvalue weighted by molar-refractivity contribution is 14.1. The Labute approximate surface area is 156 Å². The van der Waals surface area contributed by atoms with E-state index in [1.54, 1.807) is 30.3 Å². The van der Waals surface area contributed by atoms with E-state index in [9.17, 15) is 44.6 Å². The van der Waals surface area contributed by atoms with Crippen molar-refractivity contribution in [2.45, 2.75) is 42.9 Å². The molecule has 0 amide bonds. The molecular weight excluding hydrogens is 494 g/mol. The van der Waals surface area contributed by atoms with Gasteiger partial charge in [0.05, 0.1) is 6.10 Å². The van der Waals surface area contributed by atoms with Crippen LogP contribution in [0.1, 0.15) is 12.0 Å². The van der Waals surface area contributed by atoms with Crippen LogP contribution in [-0.4, -0.2) is 35.2 Å². The molecule has 26 heavy (non-hydrogen) atoms. The number of allylic oxidation sites excluding steroid dienone is 1. The average Bonchev–Trinajstić information content (AvgIpc) is 2.51. The van der Waals surface area contributed by atoms with Crippen LogP contribution in [0.25, 0.3) is 0 Å². The number of hydrogen-bond acceptors (Lipinski definition) is 1. The van der Waals surface area contributed by atoms with E-state index in [4.69, 9.17) is 0 Å². The molecule has 1 aromatic rings. The van der Waals surface area contributed by atoms with Gasteiger partial charge in [0.25, 0.3) is 0 Å². The van der Waals surface area contributed by atoms with Gasteiger partial charge < -0.3 is 5.11 Å². The van der Waals surface area contributed by atoms with Crippen molar-refractivity contribution < 1.29 is 44.6 Å². The summed E-state index contributed by atoms with van der Waals surface area (Å²) in [5, 5.41) is 9.71. The van der Waals surface area contributed by atoms with Crippen LogP contribution in [0, 0.1) is 0 Å². The third-order valence-electron chi connectivity index (χ3n) is 3.36. The Balaban J connectivity index is 2.96. The van der Waals surface area contributed by atoms with E-state index in [1.165, 1.54) is 0 Å². The largest absolute Gasteiger partial charge is 0.460 e. The predicted molar refractivity (Wildman–Crippen MR) is 83.8 cm³/mol. The van der Waals surface area contributed by atoms with Gasteiger partial charge in [0, 0.05) is 9.66 Å². The molecule has 0 aliphatic rings. The van der Waals surface area contributed by atoms with E-state index in [0.29, 0.717) is 5.56 Å². The zero-order valence-corrected chi connectivity index (χ0v) is 14.8. The third-order valence-corrected chi connectivity index (χ3v) is 4.39. The zero-order chi connectivity index (χ0) is 20.4. The van der Waals surface area contributed by atoms with Crippen molar-refractivity contribution in [3.8, 4) is 0 Å². The molecule has 0 aromatic heterocycles. The molecule has 1 unspecified atom stereocenters. The maximum absolute atomic E-state index is 13.5. The summed E-state index contributed by atoms with van der Waals surface area (Å²) in [6, 6.07) is 8.26. The van der Waals surface area contributed by atoms with Crippen LogP contribution in [0.2, 0.25) is 0 Å². The molecule has 1 rings (SSSR count). The summed E-state index contributed by atoms with van der Waals surface area (Å²) in [6.07, 6.45) is -9.45. The van der Waals surface area contributed by atoms with Gasteiger partial charge in [-0.25, -0.2) is 0 Å². The fourth-order valence-corrected chi connectivity index (χ4v) is 2.54. The van der Waals surface area contributed by atoms with Crippen molar-refractivity contribution in [3.63, 3.8) is 0 Å². The Kier molecular flexibility index (Phi) is 7.05. The quantitative estimate of drug-likeness (QED) is 0.368. The smallest absolute Gasteiger partial charge is 0.388 e. The average molecular weight is 506 g/mol. The van der Waals surface area contributed by atoms with Crippen LogP contribution in [0.5, 0.6) is 0 Å². The molecule has 0 heterocycles. The maximum atomic E-state index is 13.5. The molecule has 1 aromatic carbocycles. The number of hydrogen-bond donors (Lipinski definition) is 1. The van der Waals surface area contributed by atoms with Gasteiger partial charge in [-0.1, -0.05) is 30.3 Å². The standard InChI is InChI=1S/C15H12F9IO/c16-12(17,13(18,19)14(20,21)15(22,23)24)8-10(25)11(26)7-6-9-4-2-1-3-5-9/h1-5,8,11,26H,6-7H2. The summed E-state index contributed by atoms with van der Waals surface area (Å²) in [5.41, 5.74) is 0.677. The lowest BCUT2D eigenvalue weighted by Crippen LogP contribution is -2.60. The van der Waals surface area contributed by atoms with Crippen molar-refractivity contribution in [1.82, 2.24) is 0 Å². The number of aliphatic hydroxyl groups is 1. The summed E-state index contributed by atoms with van der Waals surface area (Å²) in [4.78, 5) is 0. The van der Waals surface area contributed by atoms with Gasteiger partial charge in [-0.05, 0) is 41.0 Å². The van der Waals surface area contributed by atoms with Crippen molar-refractivity contribution in [2.24, 2.45) is 0 Å². The predicted octanol–water partition coefficient (Wildman–Crippen LogP) is 5.77. The first-order valence-electron chi connectivity index (χ1n) is 6.94. The van der Waals surface area contributed by atoms with Crippen molar-refractivity contribution in [1.29, 1.82) is 0 Å². The summed E-state index contributed by atoms with van der Waals surface area (Å²) in [7, 11) is 0. The minimum atomic E-state index is -6.95. The van der Waals surface area contributed by atoms with Crippen LogP contribution in [-0.2, 0) is 6.42 Å². The Morgan fingerprint density at radius 3 is 1.88 bits per heavy atom. The highest BCUT2D eigenvalue weighted by Crippen LogP contribution is 2.53. The number of aliphatic hydroxyl groups excluding tert-OH is 1. The van der Waals surface area contributed by atoms with E-state index in [2.05, 4.69) is 0 Å². The van der Waals surface area contributed by atoms with E-state index in [1.807, 2.05) is 0 Å². The van der Waals surface area contributed by atoms with E-state index >= 15 is 0 Å². The summed E-state index contributed by atoms with van der Waals surface area (Å²) in [5.74, 6) is -19.5. The number of rotatable bonds is 7. The SMILES string of the molecule is OC(CCc1ccccc1)C(I)=CC(F)(F)C(F)(F)C(F)(F)C(F)(F)F. The molecule has 1 atom stereocenters. The minimum Gasteiger partial charge on any atom is -0.388 e. The second kappa shape index (κ2) is 7.95. The molecule has 0 radical (unpaired) electrons. The maximum Gasteiger partial charge on any atom is 0.460 e. The van der Waals surface area contributed by atoms with Crippen LogP contribution in [0.15, 0.2) is 40.0 Å². The number of alkyl halides is 9. The molecule has 148 valence electrons. The monoisotopic (exact) mass is 506 g/mol. The number of aryl methyl sites for hydroxylation is 1. The molecule has 0 bridgehead atoms. The first-order chi connectivity index (χ1) is 11.6. The van der Waals surface area contributed by atoms with Crippen molar-refractivity contribution in [3.05, 3.63) is 45.6 Å². The van der Waals surface area contributed by atoms with E-state index < -0.39 is 39.7 Å². The Morgan fingerprint density at radius 1 is 0.923 bits per heavy atom. The second-order valence-electron chi connectivity index (χ2n) is 5.34. The Bertz CT molecular complexity index is 626. The Morgan fingerprint density at radius 2 is 1.42 bits per heavy atom. The number of halogens is 10. The van der Waals surface area contributed by atoms with Crippen molar-refractivity contribution >= 4 is 22.6 Å². The summed E-state index contributed by atoms with van der Waals surface area (Å²) >= 11 is 0.996. The highest BCUT2D eigenvalue weighted by Gasteiger charge is 2.81. The van der Waals surface area contributed by atoms with Gasteiger partial charge in [-0.2, -0.15) is 39.5 Å². The first-order valence-corrected chi connectivity index (χ1v) is 8.02. The molecule has 0 spiro atoms. The molecule has 0 saturated carbocycles. The fraction of sp³-hybridized carbons (Fsp3) is 0.467. The van der Waals surface area contributed by atoms with Gasteiger partial charge in [0.2, 0.25) is 0 Å². The third kappa shape index (κ3) is 4.84. The second-order valence-corrected chi connectivity index (χ2v) is 6.58. The van der Waals surface area contributed by atoms with Gasteiger partial charge in [0.1, 0.15) is 0 Å². The fourth-order valence-electron chi connectivity index (χ4n) is 1.83. The molecule has 0 saturated heterocycles. The molecule has 0 aliphatic carbocycles. The lowest BCUT2D eigenvalue weighted by molar-refractivity contribution is -0.388. The molecule has 0 fully saturated rings. The van der Waals surface area contributed by atoms with Crippen LogP contribution < -0.4 is 0 Å². The molecular formula is C15H12F9IO. The highest BCUT2D eigenvalue weighted by atomic mass is 127. The van der Waals surface area contributed by atoms with Gasteiger partial charge in [-0.15, -0.1) is 0 Å².